The first-order chi connectivity index (χ1) is 10.6. The summed E-state index contributed by atoms with van der Waals surface area (Å²) in [5.74, 6) is -0.503. The zero-order chi connectivity index (χ0) is 15.5. The van der Waals surface area contributed by atoms with Gasteiger partial charge in [-0.2, -0.15) is 0 Å². The highest BCUT2D eigenvalue weighted by molar-refractivity contribution is 6.01. The van der Waals surface area contributed by atoms with E-state index in [4.69, 9.17) is 5.73 Å². The standard InChI is InChI=1S/C18H20N2O2/c19-17(21)13-8-6-12-7-9-14(11-15(12)10-13)18(22)20-16-4-2-1-3-5-16/h6-11,16H,1-5H2,(H2,19,21)(H,20,22). The minimum Gasteiger partial charge on any atom is -0.366 e. The molecule has 0 heterocycles. The second-order valence-corrected chi connectivity index (χ2v) is 5.95. The SMILES string of the molecule is NC(=O)c1ccc2ccc(C(=O)NC3CCCCC3)cc2c1. The molecule has 22 heavy (non-hydrogen) atoms. The maximum Gasteiger partial charge on any atom is 0.251 e. The number of nitrogens with two attached hydrogens (primary N) is 1. The van der Waals surface area contributed by atoms with Crippen LogP contribution in [0.5, 0.6) is 0 Å². The summed E-state index contributed by atoms with van der Waals surface area (Å²) < 4.78 is 0. The van der Waals surface area contributed by atoms with Gasteiger partial charge in [-0.3, -0.25) is 9.59 Å². The highest BCUT2D eigenvalue weighted by Gasteiger charge is 2.16. The van der Waals surface area contributed by atoms with Crippen LogP contribution >= 0.6 is 0 Å². The van der Waals surface area contributed by atoms with E-state index >= 15 is 0 Å². The molecule has 3 rings (SSSR count). The van der Waals surface area contributed by atoms with Crippen LogP contribution in [0.15, 0.2) is 36.4 Å². The van der Waals surface area contributed by atoms with Crippen LogP contribution in [0.3, 0.4) is 0 Å². The lowest BCUT2D eigenvalue weighted by Crippen LogP contribution is -2.36. The van der Waals surface area contributed by atoms with Crippen LogP contribution in [0, 0.1) is 0 Å². The summed E-state index contributed by atoms with van der Waals surface area (Å²) in [4.78, 5) is 23.6. The number of amides is 2. The fraction of sp³-hybridized carbons (Fsp3) is 0.333. The molecule has 0 spiro atoms. The van der Waals surface area contributed by atoms with Crippen LogP contribution in [0.25, 0.3) is 10.8 Å². The van der Waals surface area contributed by atoms with Crippen molar-refractivity contribution in [1.29, 1.82) is 0 Å². The molecule has 1 fully saturated rings. The van der Waals surface area contributed by atoms with Gasteiger partial charge in [0.2, 0.25) is 5.91 Å². The Bertz CT molecular complexity index is 718. The van der Waals surface area contributed by atoms with Gasteiger partial charge in [-0.05, 0) is 47.9 Å². The summed E-state index contributed by atoms with van der Waals surface area (Å²) in [6.45, 7) is 0. The van der Waals surface area contributed by atoms with Gasteiger partial charge in [0.1, 0.15) is 0 Å². The Labute approximate surface area is 129 Å². The third-order valence-electron chi connectivity index (χ3n) is 4.33. The van der Waals surface area contributed by atoms with E-state index in [2.05, 4.69) is 5.32 Å². The molecule has 4 heteroatoms. The van der Waals surface area contributed by atoms with Crippen molar-refractivity contribution in [3.05, 3.63) is 47.5 Å². The molecular formula is C18H20N2O2. The van der Waals surface area contributed by atoms with E-state index in [-0.39, 0.29) is 11.9 Å². The second kappa shape index (κ2) is 6.18. The first-order valence-electron chi connectivity index (χ1n) is 7.78. The molecule has 0 radical (unpaired) electrons. The quantitative estimate of drug-likeness (QED) is 0.914. The smallest absolute Gasteiger partial charge is 0.251 e. The molecule has 2 amide bonds. The highest BCUT2D eigenvalue weighted by atomic mass is 16.2. The van der Waals surface area contributed by atoms with Gasteiger partial charge in [0, 0.05) is 17.2 Å². The Morgan fingerprint density at radius 3 is 2.23 bits per heavy atom. The van der Waals surface area contributed by atoms with Gasteiger partial charge in [-0.15, -0.1) is 0 Å². The molecule has 2 aromatic carbocycles. The lowest BCUT2D eigenvalue weighted by atomic mass is 9.95. The first-order valence-corrected chi connectivity index (χ1v) is 7.78. The fourth-order valence-electron chi connectivity index (χ4n) is 3.06. The van der Waals surface area contributed by atoms with Crippen molar-refractivity contribution in [3.8, 4) is 0 Å². The number of hydrogen-bond donors (Lipinski definition) is 2. The Kier molecular flexibility index (Phi) is 4.09. The largest absolute Gasteiger partial charge is 0.366 e. The number of carbonyl (C=O) groups excluding carboxylic acids is 2. The number of benzene rings is 2. The zero-order valence-electron chi connectivity index (χ0n) is 12.5. The number of carbonyl (C=O) groups is 2. The van der Waals surface area contributed by atoms with Crippen molar-refractivity contribution < 1.29 is 9.59 Å². The van der Waals surface area contributed by atoms with E-state index in [0.29, 0.717) is 11.1 Å². The van der Waals surface area contributed by atoms with Crippen molar-refractivity contribution in [2.24, 2.45) is 5.73 Å². The average Bonchev–Trinajstić information content (AvgIpc) is 2.54. The van der Waals surface area contributed by atoms with Gasteiger partial charge in [0.05, 0.1) is 0 Å². The monoisotopic (exact) mass is 296 g/mol. The lowest BCUT2D eigenvalue weighted by Gasteiger charge is -2.22. The van der Waals surface area contributed by atoms with E-state index in [9.17, 15) is 9.59 Å². The summed E-state index contributed by atoms with van der Waals surface area (Å²) in [7, 11) is 0. The maximum absolute atomic E-state index is 12.4. The van der Waals surface area contributed by atoms with E-state index in [1.54, 1.807) is 12.1 Å². The molecule has 0 aliphatic heterocycles. The highest BCUT2D eigenvalue weighted by Crippen LogP contribution is 2.20. The molecule has 1 aliphatic rings. The minimum atomic E-state index is -0.459. The van der Waals surface area contributed by atoms with Crippen molar-refractivity contribution in [3.63, 3.8) is 0 Å². The molecule has 0 aromatic heterocycles. The van der Waals surface area contributed by atoms with Gasteiger partial charge in [0.15, 0.2) is 0 Å². The Morgan fingerprint density at radius 2 is 1.55 bits per heavy atom. The molecule has 4 nitrogen and oxygen atoms in total. The number of fused-ring (bicyclic) bond motifs is 1. The predicted octanol–water partition coefficient (Wildman–Crippen LogP) is 3.00. The summed E-state index contributed by atoms with van der Waals surface area (Å²) in [6, 6.07) is 11.1. The lowest BCUT2D eigenvalue weighted by molar-refractivity contribution is 0.0927. The molecule has 0 bridgehead atoms. The fourth-order valence-corrected chi connectivity index (χ4v) is 3.06. The molecule has 114 valence electrons. The van der Waals surface area contributed by atoms with Crippen LogP contribution in [0.2, 0.25) is 0 Å². The molecule has 0 atom stereocenters. The summed E-state index contributed by atoms with van der Waals surface area (Å²) in [6.07, 6.45) is 5.75. The van der Waals surface area contributed by atoms with Gasteiger partial charge < -0.3 is 11.1 Å². The molecule has 2 aromatic rings. The van der Waals surface area contributed by atoms with Crippen molar-refractivity contribution >= 4 is 22.6 Å². The Hall–Kier alpha value is -2.36. The topological polar surface area (TPSA) is 72.2 Å². The van der Waals surface area contributed by atoms with Gasteiger partial charge in [-0.1, -0.05) is 31.4 Å². The van der Waals surface area contributed by atoms with Gasteiger partial charge >= 0.3 is 0 Å². The third-order valence-corrected chi connectivity index (χ3v) is 4.33. The average molecular weight is 296 g/mol. The Balaban J connectivity index is 1.83. The van der Waals surface area contributed by atoms with E-state index in [1.165, 1.54) is 19.3 Å². The molecule has 0 saturated heterocycles. The van der Waals surface area contributed by atoms with Crippen molar-refractivity contribution in [2.75, 3.05) is 0 Å². The zero-order valence-corrected chi connectivity index (χ0v) is 12.5. The summed E-state index contributed by atoms with van der Waals surface area (Å²) in [5.41, 5.74) is 6.39. The second-order valence-electron chi connectivity index (χ2n) is 5.95. The minimum absolute atomic E-state index is 0.0433. The van der Waals surface area contributed by atoms with Crippen LogP contribution in [0.1, 0.15) is 52.8 Å². The van der Waals surface area contributed by atoms with Crippen molar-refractivity contribution in [1.82, 2.24) is 5.32 Å². The molecular weight excluding hydrogens is 276 g/mol. The predicted molar refractivity (Wildman–Crippen MR) is 86.8 cm³/mol. The van der Waals surface area contributed by atoms with Crippen LogP contribution in [-0.2, 0) is 0 Å². The summed E-state index contributed by atoms with van der Waals surface area (Å²) >= 11 is 0. The number of primary amides is 1. The number of rotatable bonds is 3. The summed E-state index contributed by atoms with van der Waals surface area (Å²) in [5, 5.41) is 4.95. The molecule has 1 saturated carbocycles. The van der Waals surface area contributed by atoms with Gasteiger partial charge in [-0.25, -0.2) is 0 Å². The Morgan fingerprint density at radius 1 is 0.909 bits per heavy atom. The maximum atomic E-state index is 12.4. The molecule has 0 unspecified atom stereocenters. The molecule has 1 aliphatic carbocycles. The van der Waals surface area contributed by atoms with Crippen LogP contribution < -0.4 is 11.1 Å². The number of hydrogen-bond acceptors (Lipinski definition) is 2. The van der Waals surface area contributed by atoms with Crippen LogP contribution in [0.4, 0.5) is 0 Å². The van der Waals surface area contributed by atoms with Crippen LogP contribution in [-0.4, -0.2) is 17.9 Å². The molecule has 3 N–H and O–H groups in total. The van der Waals surface area contributed by atoms with E-state index in [1.807, 2.05) is 24.3 Å². The van der Waals surface area contributed by atoms with E-state index < -0.39 is 5.91 Å². The van der Waals surface area contributed by atoms with E-state index in [0.717, 1.165) is 23.6 Å². The first kappa shape index (κ1) is 14.6. The van der Waals surface area contributed by atoms with Crippen molar-refractivity contribution in [2.45, 2.75) is 38.1 Å². The number of nitrogens with one attached hydrogen (secondary N) is 1. The third kappa shape index (κ3) is 3.11. The normalized spacial score (nSPS) is 15.6. The van der Waals surface area contributed by atoms with Gasteiger partial charge in [0.25, 0.3) is 5.91 Å².